The predicted molar refractivity (Wildman–Crippen MR) is 61.6 cm³/mol. The van der Waals surface area contributed by atoms with Gasteiger partial charge in [0.15, 0.2) is 0 Å². The molecule has 1 unspecified atom stereocenters. The fraction of sp³-hybridized carbons (Fsp3) is 0.538. The Morgan fingerprint density at radius 3 is 2.67 bits per heavy atom. The molecule has 15 heavy (non-hydrogen) atoms. The molecule has 1 heterocycles. The standard InChI is InChI=1S/C13H18N2/c14-12-11-4-2-1-3-10(11)9-13(12)5-7-15-8-6-13/h1-4,12,15H,5-9,14H2. The molecule has 1 aliphatic heterocycles. The second-order valence-corrected chi connectivity index (χ2v) is 4.97. The maximum Gasteiger partial charge on any atom is 0.0359 e. The zero-order valence-electron chi connectivity index (χ0n) is 9.00. The van der Waals surface area contributed by atoms with Gasteiger partial charge in [-0.1, -0.05) is 24.3 Å². The number of benzene rings is 1. The lowest BCUT2D eigenvalue weighted by molar-refractivity contribution is 0.174. The third kappa shape index (κ3) is 1.32. The summed E-state index contributed by atoms with van der Waals surface area (Å²) in [6, 6.07) is 8.95. The molecule has 1 fully saturated rings. The summed E-state index contributed by atoms with van der Waals surface area (Å²) in [7, 11) is 0. The monoisotopic (exact) mass is 202 g/mol. The predicted octanol–water partition coefficient (Wildman–Crippen LogP) is 1.61. The van der Waals surface area contributed by atoms with E-state index in [-0.39, 0.29) is 6.04 Å². The smallest absolute Gasteiger partial charge is 0.0359 e. The molecule has 2 heteroatoms. The van der Waals surface area contributed by atoms with Crippen molar-refractivity contribution in [2.45, 2.75) is 25.3 Å². The lowest BCUT2D eigenvalue weighted by Gasteiger charge is -2.37. The van der Waals surface area contributed by atoms with Crippen LogP contribution in [0.2, 0.25) is 0 Å². The molecular formula is C13H18N2. The quantitative estimate of drug-likeness (QED) is 0.671. The van der Waals surface area contributed by atoms with Crippen molar-refractivity contribution in [3.63, 3.8) is 0 Å². The highest BCUT2D eigenvalue weighted by atomic mass is 14.9. The average Bonchev–Trinajstić information content (AvgIpc) is 2.54. The average molecular weight is 202 g/mol. The summed E-state index contributed by atoms with van der Waals surface area (Å²) in [6.45, 7) is 2.25. The molecule has 1 atom stereocenters. The summed E-state index contributed by atoms with van der Waals surface area (Å²) in [6.07, 6.45) is 3.64. The minimum Gasteiger partial charge on any atom is -0.323 e. The van der Waals surface area contributed by atoms with Gasteiger partial charge in [0.2, 0.25) is 0 Å². The Morgan fingerprint density at radius 2 is 1.93 bits per heavy atom. The first-order valence-electron chi connectivity index (χ1n) is 5.86. The largest absolute Gasteiger partial charge is 0.323 e. The van der Waals surface area contributed by atoms with E-state index in [2.05, 4.69) is 29.6 Å². The Kier molecular flexibility index (Phi) is 2.08. The van der Waals surface area contributed by atoms with Crippen molar-refractivity contribution in [2.75, 3.05) is 13.1 Å². The Labute approximate surface area is 90.9 Å². The van der Waals surface area contributed by atoms with E-state index in [9.17, 15) is 0 Å². The van der Waals surface area contributed by atoms with Gasteiger partial charge in [-0.3, -0.25) is 0 Å². The van der Waals surface area contributed by atoms with Gasteiger partial charge in [0.1, 0.15) is 0 Å². The molecule has 0 saturated carbocycles. The zero-order chi connectivity index (χ0) is 10.3. The van der Waals surface area contributed by atoms with Crippen LogP contribution in [0, 0.1) is 5.41 Å². The van der Waals surface area contributed by atoms with E-state index in [0.29, 0.717) is 5.41 Å². The third-order valence-corrected chi connectivity index (χ3v) is 4.19. The number of nitrogens with two attached hydrogens (primary N) is 1. The fourth-order valence-electron chi connectivity index (χ4n) is 3.23. The van der Waals surface area contributed by atoms with Crippen molar-refractivity contribution in [1.29, 1.82) is 0 Å². The minimum absolute atomic E-state index is 0.260. The van der Waals surface area contributed by atoms with E-state index in [1.165, 1.54) is 30.4 Å². The summed E-state index contributed by atoms with van der Waals surface area (Å²) in [5.41, 5.74) is 9.65. The highest BCUT2D eigenvalue weighted by Gasteiger charge is 2.44. The number of fused-ring (bicyclic) bond motifs is 1. The number of rotatable bonds is 0. The Morgan fingerprint density at radius 1 is 1.20 bits per heavy atom. The maximum absolute atomic E-state index is 6.43. The zero-order valence-corrected chi connectivity index (χ0v) is 9.00. The molecule has 1 aliphatic carbocycles. The molecule has 80 valence electrons. The van der Waals surface area contributed by atoms with Crippen molar-refractivity contribution in [2.24, 2.45) is 11.1 Å². The van der Waals surface area contributed by atoms with Crippen molar-refractivity contribution < 1.29 is 0 Å². The second kappa shape index (κ2) is 3.32. The van der Waals surface area contributed by atoms with Crippen LogP contribution in [0.1, 0.15) is 30.0 Å². The van der Waals surface area contributed by atoms with Crippen molar-refractivity contribution in [3.05, 3.63) is 35.4 Å². The topological polar surface area (TPSA) is 38.0 Å². The van der Waals surface area contributed by atoms with E-state index < -0.39 is 0 Å². The van der Waals surface area contributed by atoms with Gasteiger partial charge in [-0.05, 0) is 48.9 Å². The van der Waals surface area contributed by atoms with Gasteiger partial charge in [0, 0.05) is 6.04 Å². The molecule has 1 aromatic rings. The van der Waals surface area contributed by atoms with Crippen LogP contribution in [-0.4, -0.2) is 13.1 Å². The Bertz CT molecular complexity index is 367. The van der Waals surface area contributed by atoms with Crippen LogP contribution < -0.4 is 11.1 Å². The van der Waals surface area contributed by atoms with Gasteiger partial charge in [0.25, 0.3) is 0 Å². The first-order valence-corrected chi connectivity index (χ1v) is 5.86. The number of piperidine rings is 1. The van der Waals surface area contributed by atoms with E-state index in [4.69, 9.17) is 5.73 Å². The van der Waals surface area contributed by atoms with E-state index in [1.54, 1.807) is 0 Å². The lowest BCUT2D eigenvalue weighted by atomic mass is 9.73. The van der Waals surface area contributed by atoms with Gasteiger partial charge in [-0.15, -0.1) is 0 Å². The molecule has 1 aromatic carbocycles. The van der Waals surface area contributed by atoms with Gasteiger partial charge in [-0.25, -0.2) is 0 Å². The molecule has 3 rings (SSSR count). The summed E-state index contributed by atoms with van der Waals surface area (Å²) < 4.78 is 0. The van der Waals surface area contributed by atoms with Crippen LogP contribution in [0.25, 0.3) is 0 Å². The number of nitrogens with one attached hydrogen (secondary N) is 1. The third-order valence-electron chi connectivity index (χ3n) is 4.19. The van der Waals surface area contributed by atoms with Crippen molar-refractivity contribution in [1.82, 2.24) is 5.32 Å². The molecule has 0 amide bonds. The normalized spacial score (nSPS) is 27.9. The highest BCUT2D eigenvalue weighted by Crippen LogP contribution is 2.49. The summed E-state index contributed by atoms with van der Waals surface area (Å²) in [5.74, 6) is 0. The molecule has 2 nitrogen and oxygen atoms in total. The van der Waals surface area contributed by atoms with E-state index in [0.717, 1.165) is 13.1 Å². The number of hydrogen-bond acceptors (Lipinski definition) is 2. The molecule has 0 aromatic heterocycles. The minimum atomic E-state index is 0.260. The van der Waals surface area contributed by atoms with Crippen LogP contribution in [0.4, 0.5) is 0 Å². The van der Waals surface area contributed by atoms with Crippen LogP contribution in [-0.2, 0) is 6.42 Å². The summed E-state index contributed by atoms with van der Waals surface area (Å²) >= 11 is 0. The fourth-order valence-corrected chi connectivity index (χ4v) is 3.23. The van der Waals surface area contributed by atoms with Gasteiger partial charge >= 0.3 is 0 Å². The lowest BCUT2D eigenvalue weighted by Crippen LogP contribution is -2.41. The van der Waals surface area contributed by atoms with Crippen molar-refractivity contribution >= 4 is 0 Å². The first-order chi connectivity index (χ1) is 7.32. The molecule has 1 spiro atoms. The molecular weight excluding hydrogens is 184 g/mol. The summed E-state index contributed by atoms with van der Waals surface area (Å²) in [5, 5.41) is 3.43. The maximum atomic E-state index is 6.43. The van der Waals surface area contributed by atoms with E-state index >= 15 is 0 Å². The van der Waals surface area contributed by atoms with Crippen molar-refractivity contribution in [3.8, 4) is 0 Å². The van der Waals surface area contributed by atoms with Gasteiger partial charge in [-0.2, -0.15) is 0 Å². The molecule has 0 radical (unpaired) electrons. The SMILES string of the molecule is NC1c2ccccc2CC12CCNCC2. The molecule has 1 saturated heterocycles. The highest BCUT2D eigenvalue weighted by molar-refractivity contribution is 5.38. The van der Waals surface area contributed by atoms with Gasteiger partial charge in [0.05, 0.1) is 0 Å². The Hall–Kier alpha value is -0.860. The first kappa shape index (κ1) is 9.37. The molecule has 2 aliphatic rings. The molecule has 3 N–H and O–H groups in total. The second-order valence-electron chi connectivity index (χ2n) is 4.97. The Balaban J connectivity index is 1.98. The van der Waals surface area contributed by atoms with Gasteiger partial charge < -0.3 is 11.1 Å². The van der Waals surface area contributed by atoms with Crippen LogP contribution in [0.5, 0.6) is 0 Å². The van der Waals surface area contributed by atoms with Crippen LogP contribution >= 0.6 is 0 Å². The summed E-state index contributed by atoms with van der Waals surface area (Å²) in [4.78, 5) is 0. The molecule has 0 bridgehead atoms. The van der Waals surface area contributed by atoms with E-state index in [1.807, 2.05) is 0 Å². The van der Waals surface area contributed by atoms with Crippen LogP contribution in [0.3, 0.4) is 0 Å². The van der Waals surface area contributed by atoms with Crippen LogP contribution in [0.15, 0.2) is 24.3 Å². The number of hydrogen-bond donors (Lipinski definition) is 2.